The number of carbonyl (C=O) groups excluding carboxylic acids is 1. The topological polar surface area (TPSA) is 94.2 Å². The van der Waals surface area contributed by atoms with Gasteiger partial charge < -0.3 is 15.8 Å². The summed E-state index contributed by atoms with van der Waals surface area (Å²) in [6, 6.07) is 0.732. The van der Waals surface area contributed by atoms with E-state index in [1.54, 1.807) is 17.9 Å². The van der Waals surface area contributed by atoms with E-state index < -0.39 is 11.7 Å². The monoisotopic (exact) mass is 309 g/mol. The summed E-state index contributed by atoms with van der Waals surface area (Å²) in [5.74, 6) is 0.657. The van der Waals surface area contributed by atoms with E-state index in [1.807, 2.05) is 20.8 Å². The zero-order valence-corrected chi connectivity index (χ0v) is 13.8. The Morgan fingerprint density at radius 3 is 2.82 bits per heavy atom. The number of aromatic nitrogens is 2. The molecule has 1 aliphatic carbocycles. The van der Waals surface area contributed by atoms with Crippen LogP contribution in [-0.4, -0.2) is 33.6 Å². The average Bonchev–Trinajstić information content (AvgIpc) is 2.93. The Hall–Kier alpha value is -1.60. The summed E-state index contributed by atoms with van der Waals surface area (Å²) >= 11 is 0. The zero-order valence-electron chi connectivity index (χ0n) is 13.8. The molecule has 2 atom stereocenters. The predicted molar refractivity (Wildman–Crippen MR) is 85.5 cm³/mol. The number of nitrogens with two attached hydrogens (primary N) is 1. The van der Waals surface area contributed by atoms with Crippen molar-refractivity contribution in [3.05, 3.63) is 11.8 Å². The van der Waals surface area contributed by atoms with Gasteiger partial charge in [-0.3, -0.25) is 10.00 Å². The predicted octanol–water partition coefficient (Wildman–Crippen LogP) is 1.74. The molecule has 7 nitrogen and oxygen atoms in total. The second-order valence-corrected chi connectivity index (χ2v) is 6.92. The molecule has 1 aliphatic rings. The minimum atomic E-state index is -0.527. The van der Waals surface area contributed by atoms with Gasteiger partial charge in [0.2, 0.25) is 0 Å². The number of hydrogen-bond donors (Lipinski definition) is 3. The Morgan fingerprint density at radius 2 is 2.23 bits per heavy atom. The number of nitrogens with zero attached hydrogens (tertiary/aromatic N) is 2. The number of carbonyl (C=O) groups is 1. The molecular formula is C15H27N5O2. The van der Waals surface area contributed by atoms with Crippen LogP contribution in [-0.2, 0) is 18.3 Å². The van der Waals surface area contributed by atoms with Crippen LogP contribution in [0.5, 0.6) is 0 Å². The van der Waals surface area contributed by atoms with E-state index in [9.17, 15) is 4.79 Å². The Balaban J connectivity index is 1.94. The van der Waals surface area contributed by atoms with Crippen molar-refractivity contribution in [2.24, 2.45) is 12.8 Å². The molecule has 1 fully saturated rings. The quantitative estimate of drug-likeness (QED) is 0.787. The fourth-order valence-corrected chi connectivity index (χ4v) is 2.63. The molecule has 0 bridgehead atoms. The largest absolute Gasteiger partial charge is 0.444 e. The number of nitrogens with one attached hydrogen (secondary N) is 2. The fourth-order valence-electron chi connectivity index (χ4n) is 2.63. The van der Waals surface area contributed by atoms with Crippen molar-refractivity contribution in [2.45, 2.75) is 64.3 Å². The third-order valence-electron chi connectivity index (χ3n) is 3.69. The van der Waals surface area contributed by atoms with E-state index in [-0.39, 0.29) is 0 Å². The minimum absolute atomic E-state index is 0.297. The first-order valence-corrected chi connectivity index (χ1v) is 7.74. The standard InChI is InChI=1S/C15H27N5O2/c1-15(2,3)22-14(21)19-13-10(9-18-20(13)4)8-17-12-6-5-11(16)7-12/h9,11-12,17H,5-8,16H2,1-4H3,(H,19,21). The van der Waals surface area contributed by atoms with Crippen molar-refractivity contribution in [1.82, 2.24) is 15.1 Å². The van der Waals surface area contributed by atoms with Gasteiger partial charge >= 0.3 is 6.09 Å². The van der Waals surface area contributed by atoms with Gasteiger partial charge in [-0.1, -0.05) is 0 Å². The second-order valence-electron chi connectivity index (χ2n) is 6.92. The van der Waals surface area contributed by atoms with Gasteiger partial charge in [0.05, 0.1) is 6.20 Å². The first kappa shape index (κ1) is 16.8. The summed E-state index contributed by atoms with van der Waals surface area (Å²) in [7, 11) is 1.79. The van der Waals surface area contributed by atoms with Crippen molar-refractivity contribution in [3.8, 4) is 0 Å². The first-order valence-electron chi connectivity index (χ1n) is 7.74. The molecule has 1 heterocycles. The van der Waals surface area contributed by atoms with E-state index in [4.69, 9.17) is 10.5 Å². The van der Waals surface area contributed by atoms with Gasteiger partial charge in [0.25, 0.3) is 0 Å². The van der Waals surface area contributed by atoms with Crippen LogP contribution in [0.3, 0.4) is 0 Å². The average molecular weight is 309 g/mol. The van der Waals surface area contributed by atoms with Crippen LogP contribution in [0.4, 0.5) is 10.6 Å². The summed E-state index contributed by atoms with van der Waals surface area (Å²) in [5.41, 5.74) is 6.33. The van der Waals surface area contributed by atoms with Gasteiger partial charge in [0.15, 0.2) is 0 Å². The van der Waals surface area contributed by atoms with Crippen LogP contribution < -0.4 is 16.4 Å². The van der Waals surface area contributed by atoms with E-state index in [0.29, 0.717) is 24.4 Å². The molecule has 4 N–H and O–H groups in total. The number of rotatable bonds is 4. The lowest BCUT2D eigenvalue weighted by Crippen LogP contribution is -2.30. The third-order valence-corrected chi connectivity index (χ3v) is 3.69. The summed E-state index contributed by atoms with van der Waals surface area (Å²) < 4.78 is 6.93. The highest BCUT2D eigenvalue weighted by molar-refractivity contribution is 5.84. The molecule has 2 rings (SSSR count). The van der Waals surface area contributed by atoms with Crippen LogP contribution in [0.1, 0.15) is 45.6 Å². The molecule has 2 unspecified atom stereocenters. The Morgan fingerprint density at radius 1 is 1.50 bits per heavy atom. The molecule has 22 heavy (non-hydrogen) atoms. The smallest absolute Gasteiger partial charge is 0.413 e. The second kappa shape index (κ2) is 6.66. The molecule has 1 aromatic heterocycles. The highest BCUT2D eigenvalue weighted by Crippen LogP contribution is 2.20. The van der Waals surface area contributed by atoms with Crippen molar-refractivity contribution in [2.75, 3.05) is 5.32 Å². The Labute approximate surface area is 131 Å². The van der Waals surface area contributed by atoms with Crippen molar-refractivity contribution in [3.63, 3.8) is 0 Å². The Bertz CT molecular complexity index is 520. The summed E-state index contributed by atoms with van der Waals surface area (Å²) in [5, 5.41) is 10.5. The van der Waals surface area contributed by atoms with Gasteiger partial charge in [-0.05, 0) is 40.0 Å². The number of hydrogen-bond acceptors (Lipinski definition) is 5. The molecule has 0 aromatic carbocycles. The number of anilines is 1. The van der Waals surface area contributed by atoms with Crippen LogP contribution in [0.25, 0.3) is 0 Å². The summed E-state index contributed by atoms with van der Waals surface area (Å²) in [6.07, 6.45) is 4.44. The van der Waals surface area contributed by atoms with E-state index in [0.717, 1.165) is 24.8 Å². The normalized spacial score (nSPS) is 21.9. The SMILES string of the molecule is Cn1ncc(CNC2CCC(N)C2)c1NC(=O)OC(C)(C)C. The molecule has 0 saturated heterocycles. The highest BCUT2D eigenvalue weighted by atomic mass is 16.6. The molecule has 0 aliphatic heterocycles. The highest BCUT2D eigenvalue weighted by Gasteiger charge is 2.22. The summed E-state index contributed by atoms with van der Waals surface area (Å²) in [6.45, 7) is 6.15. The van der Waals surface area contributed by atoms with Crippen LogP contribution >= 0.6 is 0 Å². The van der Waals surface area contributed by atoms with Crippen molar-refractivity contribution in [1.29, 1.82) is 0 Å². The van der Waals surface area contributed by atoms with E-state index in [1.165, 1.54) is 0 Å². The molecule has 0 spiro atoms. The van der Waals surface area contributed by atoms with Gasteiger partial charge in [-0.25, -0.2) is 4.79 Å². The molecule has 0 radical (unpaired) electrons. The number of ether oxygens (including phenoxy) is 1. The maximum Gasteiger partial charge on any atom is 0.413 e. The van der Waals surface area contributed by atoms with E-state index in [2.05, 4.69) is 15.7 Å². The lowest BCUT2D eigenvalue weighted by molar-refractivity contribution is 0.0634. The molecular weight excluding hydrogens is 282 g/mol. The maximum atomic E-state index is 11.9. The first-order chi connectivity index (χ1) is 10.2. The molecule has 1 amide bonds. The summed E-state index contributed by atoms with van der Waals surface area (Å²) in [4.78, 5) is 11.9. The van der Waals surface area contributed by atoms with Crippen LogP contribution in [0, 0.1) is 0 Å². The van der Waals surface area contributed by atoms with Crippen molar-refractivity contribution < 1.29 is 9.53 Å². The fraction of sp³-hybridized carbons (Fsp3) is 0.733. The molecule has 1 saturated carbocycles. The Kier molecular flexibility index (Phi) is 5.08. The minimum Gasteiger partial charge on any atom is -0.444 e. The third kappa shape index (κ3) is 4.71. The van der Waals surface area contributed by atoms with Gasteiger partial charge in [-0.15, -0.1) is 0 Å². The van der Waals surface area contributed by atoms with Crippen molar-refractivity contribution >= 4 is 11.9 Å². The molecule has 124 valence electrons. The van der Waals surface area contributed by atoms with Gasteiger partial charge in [0.1, 0.15) is 11.4 Å². The van der Waals surface area contributed by atoms with Gasteiger partial charge in [-0.2, -0.15) is 5.10 Å². The van der Waals surface area contributed by atoms with E-state index >= 15 is 0 Å². The number of aryl methyl sites for hydroxylation is 1. The maximum absolute atomic E-state index is 11.9. The van der Waals surface area contributed by atoms with Crippen LogP contribution in [0.2, 0.25) is 0 Å². The van der Waals surface area contributed by atoms with Crippen LogP contribution in [0.15, 0.2) is 6.20 Å². The molecule has 7 heteroatoms. The lowest BCUT2D eigenvalue weighted by atomic mass is 10.2. The zero-order chi connectivity index (χ0) is 16.3. The number of amides is 1. The lowest BCUT2D eigenvalue weighted by Gasteiger charge is -2.20. The van der Waals surface area contributed by atoms with Gasteiger partial charge in [0, 0.05) is 31.2 Å². The molecule has 1 aromatic rings.